The number of rotatable bonds is 21. The van der Waals surface area contributed by atoms with E-state index in [1.165, 1.54) is 6.08 Å². The summed E-state index contributed by atoms with van der Waals surface area (Å²) in [5.41, 5.74) is 1.69. The van der Waals surface area contributed by atoms with Crippen molar-refractivity contribution >= 4 is 23.8 Å². The first-order valence-electron chi connectivity index (χ1n) is 14.3. The van der Waals surface area contributed by atoms with Gasteiger partial charge in [0, 0.05) is 13.0 Å². The molecule has 2 amide bonds. The second-order valence-corrected chi connectivity index (χ2v) is 9.81. The lowest BCUT2D eigenvalue weighted by Gasteiger charge is -2.22. The molecule has 0 saturated carbocycles. The number of hydrogen-bond acceptors (Lipinski definition) is 8. The summed E-state index contributed by atoms with van der Waals surface area (Å²) >= 11 is 0. The van der Waals surface area contributed by atoms with Gasteiger partial charge < -0.3 is 30.0 Å². The molecule has 3 atom stereocenters. The lowest BCUT2D eigenvalue weighted by atomic mass is 9.96. The SMILES string of the molecule is C=CCC(CC(=O)NCCOCCO)C(=O)NC(COC(=O)C(CC=C)Cc1ccccc1)C(=O)OCc1ccccc1. The second kappa shape index (κ2) is 20.6. The quantitative estimate of drug-likeness (QED) is 0.114. The first-order valence-corrected chi connectivity index (χ1v) is 14.3. The van der Waals surface area contributed by atoms with E-state index in [0.717, 1.165) is 11.1 Å². The summed E-state index contributed by atoms with van der Waals surface area (Å²) in [5.74, 6) is -3.66. The van der Waals surface area contributed by atoms with Gasteiger partial charge in [-0.15, -0.1) is 13.2 Å². The van der Waals surface area contributed by atoms with Gasteiger partial charge in [-0.3, -0.25) is 14.4 Å². The largest absolute Gasteiger partial charge is 0.463 e. The Labute approximate surface area is 253 Å². The minimum absolute atomic E-state index is 0.0378. The smallest absolute Gasteiger partial charge is 0.332 e. The van der Waals surface area contributed by atoms with Crippen LogP contribution in [0.4, 0.5) is 0 Å². The molecule has 2 rings (SSSR count). The van der Waals surface area contributed by atoms with Crippen molar-refractivity contribution in [3.8, 4) is 0 Å². The average molecular weight is 595 g/mol. The zero-order chi connectivity index (χ0) is 31.3. The van der Waals surface area contributed by atoms with Crippen molar-refractivity contribution in [3.63, 3.8) is 0 Å². The molecular weight excluding hydrogens is 552 g/mol. The van der Waals surface area contributed by atoms with Crippen molar-refractivity contribution in [2.75, 3.05) is 33.0 Å². The van der Waals surface area contributed by atoms with Crippen LogP contribution in [0.25, 0.3) is 0 Å². The third-order valence-electron chi connectivity index (χ3n) is 6.38. The predicted octanol–water partition coefficient (Wildman–Crippen LogP) is 2.90. The molecule has 10 nitrogen and oxygen atoms in total. The molecule has 0 spiro atoms. The Balaban J connectivity index is 2.08. The molecule has 3 unspecified atom stereocenters. The molecule has 0 aliphatic rings. The number of benzene rings is 2. The van der Waals surface area contributed by atoms with Crippen molar-refractivity contribution < 1.29 is 38.5 Å². The fourth-order valence-corrected chi connectivity index (χ4v) is 4.14. The molecule has 232 valence electrons. The minimum Gasteiger partial charge on any atom is -0.463 e. The molecule has 3 N–H and O–H groups in total. The number of hydrogen-bond donors (Lipinski definition) is 3. The predicted molar refractivity (Wildman–Crippen MR) is 161 cm³/mol. The lowest BCUT2D eigenvalue weighted by Crippen LogP contribution is -2.48. The van der Waals surface area contributed by atoms with Crippen LogP contribution in [0.5, 0.6) is 0 Å². The molecule has 0 aromatic heterocycles. The molecule has 10 heteroatoms. The number of carbonyl (C=O) groups excluding carboxylic acids is 4. The van der Waals surface area contributed by atoms with Gasteiger partial charge in [0.2, 0.25) is 11.8 Å². The first kappa shape index (κ1) is 34.9. The fraction of sp³-hybridized carbons (Fsp3) is 0.394. The highest BCUT2D eigenvalue weighted by atomic mass is 16.6. The van der Waals surface area contributed by atoms with Gasteiger partial charge >= 0.3 is 11.9 Å². The van der Waals surface area contributed by atoms with Crippen LogP contribution < -0.4 is 10.6 Å². The van der Waals surface area contributed by atoms with Crippen molar-refractivity contribution in [3.05, 3.63) is 97.1 Å². The van der Waals surface area contributed by atoms with E-state index in [1.54, 1.807) is 30.3 Å². The fourth-order valence-electron chi connectivity index (χ4n) is 4.14. The van der Waals surface area contributed by atoms with E-state index in [4.69, 9.17) is 19.3 Å². The molecule has 0 bridgehead atoms. The van der Waals surface area contributed by atoms with Gasteiger partial charge in [-0.2, -0.15) is 0 Å². The third-order valence-corrected chi connectivity index (χ3v) is 6.38. The van der Waals surface area contributed by atoms with Gasteiger partial charge in [-0.1, -0.05) is 72.8 Å². The van der Waals surface area contributed by atoms with E-state index in [0.29, 0.717) is 12.8 Å². The van der Waals surface area contributed by atoms with Crippen molar-refractivity contribution in [1.29, 1.82) is 0 Å². The number of amides is 2. The minimum atomic E-state index is -1.30. The van der Waals surface area contributed by atoms with Crippen LogP contribution in [0.2, 0.25) is 0 Å². The Bertz CT molecular complexity index is 1160. The van der Waals surface area contributed by atoms with Crippen molar-refractivity contribution in [2.24, 2.45) is 11.8 Å². The van der Waals surface area contributed by atoms with Gasteiger partial charge in [0.1, 0.15) is 13.2 Å². The van der Waals surface area contributed by atoms with E-state index in [-0.39, 0.29) is 45.8 Å². The first-order chi connectivity index (χ1) is 20.9. The lowest BCUT2D eigenvalue weighted by molar-refractivity contribution is -0.157. The van der Waals surface area contributed by atoms with Crippen LogP contribution >= 0.6 is 0 Å². The summed E-state index contributed by atoms with van der Waals surface area (Å²) in [4.78, 5) is 51.8. The molecule has 0 aliphatic heterocycles. The van der Waals surface area contributed by atoms with E-state index in [1.807, 2.05) is 36.4 Å². The third kappa shape index (κ3) is 14.0. The van der Waals surface area contributed by atoms with Crippen LogP contribution in [0.15, 0.2) is 86.0 Å². The highest BCUT2D eigenvalue weighted by molar-refractivity contribution is 5.89. The highest BCUT2D eigenvalue weighted by Gasteiger charge is 2.30. The number of carbonyl (C=O) groups is 4. The molecule has 0 saturated heterocycles. The molecule has 43 heavy (non-hydrogen) atoms. The zero-order valence-corrected chi connectivity index (χ0v) is 24.5. The van der Waals surface area contributed by atoms with Gasteiger partial charge in [0.25, 0.3) is 0 Å². The maximum atomic E-state index is 13.2. The normalized spacial score (nSPS) is 12.7. The summed E-state index contributed by atoms with van der Waals surface area (Å²) in [6.07, 6.45) is 3.93. The van der Waals surface area contributed by atoms with Crippen LogP contribution in [-0.4, -0.2) is 67.9 Å². The van der Waals surface area contributed by atoms with Gasteiger partial charge in [-0.05, 0) is 30.4 Å². The molecule has 0 fully saturated rings. The highest BCUT2D eigenvalue weighted by Crippen LogP contribution is 2.16. The topological polar surface area (TPSA) is 140 Å². The molecule has 2 aromatic carbocycles. The number of aliphatic hydroxyl groups excluding tert-OH is 1. The summed E-state index contributed by atoms with van der Waals surface area (Å²) < 4.78 is 16.1. The van der Waals surface area contributed by atoms with E-state index in [9.17, 15) is 19.2 Å². The van der Waals surface area contributed by atoms with E-state index in [2.05, 4.69) is 23.8 Å². The van der Waals surface area contributed by atoms with Gasteiger partial charge in [0.15, 0.2) is 6.04 Å². The number of aliphatic hydroxyl groups is 1. The average Bonchev–Trinajstić information content (AvgIpc) is 3.02. The molecule has 2 aromatic rings. The number of esters is 2. The molecular formula is C33H42N2O8. The van der Waals surface area contributed by atoms with Crippen LogP contribution in [-0.2, 0) is 46.4 Å². The number of allylic oxidation sites excluding steroid dienone is 2. The van der Waals surface area contributed by atoms with Crippen LogP contribution in [0.3, 0.4) is 0 Å². The monoisotopic (exact) mass is 594 g/mol. The summed E-state index contributed by atoms with van der Waals surface area (Å²) in [6.45, 7) is 7.37. The van der Waals surface area contributed by atoms with Gasteiger partial charge in [0.05, 0.1) is 31.7 Å². The van der Waals surface area contributed by atoms with Crippen molar-refractivity contribution in [1.82, 2.24) is 10.6 Å². The Morgan fingerprint density at radius 1 is 0.814 bits per heavy atom. The number of nitrogens with one attached hydrogen (secondary N) is 2. The molecule has 0 heterocycles. The zero-order valence-electron chi connectivity index (χ0n) is 24.5. The Morgan fingerprint density at radius 3 is 2.07 bits per heavy atom. The van der Waals surface area contributed by atoms with E-state index < -0.39 is 48.2 Å². The second-order valence-electron chi connectivity index (χ2n) is 9.81. The summed E-state index contributed by atoms with van der Waals surface area (Å²) in [5, 5.41) is 14.0. The van der Waals surface area contributed by atoms with Gasteiger partial charge in [-0.25, -0.2) is 4.79 Å². The maximum Gasteiger partial charge on any atom is 0.332 e. The van der Waals surface area contributed by atoms with E-state index >= 15 is 0 Å². The molecule has 0 aliphatic carbocycles. The van der Waals surface area contributed by atoms with Crippen molar-refractivity contribution in [2.45, 2.75) is 38.3 Å². The summed E-state index contributed by atoms with van der Waals surface area (Å²) in [6, 6.07) is 17.2. The number of ether oxygens (including phenoxy) is 3. The maximum absolute atomic E-state index is 13.2. The standard InChI is InChI=1S/C33H42N2O8/c1-3-11-27(22-30(37)34-17-19-41-20-18-36)31(38)35-29(33(40)42-23-26-15-9-6-10-16-26)24-43-32(39)28(12-4-2)21-25-13-7-5-8-14-25/h3-10,13-16,27-29,36H,1-2,11-12,17-24H2,(H,34,37)(H,35,38). The molecule has 0 radical (unpaired) electrons. The Morgan fingerprint density at radius 2 is 1.44 bits per heavy atom. The van der Waals surface area contributed by atoms with Crippen LogP contribution in [0.1, 0.15) is 30.4 Å². The summed E-state index contributed by atoms with van der Waals surface area (Å²) in [7, 11) is 0. The Hall–Kier alpha value is -4.28. The Kier molecular flexibility index (Phi) is 16.7. The van der Waals surface area contributed by atoms with Crippen LogP contribution in [0, 0.1) is 11.8 Å².